The fraction of sp³-hybridized carbons (Fsp3) is 0.571. The summed E-state index contributed by atoms with van der Waals surface area (Å²) in [5.41, 5.74) is 1.11. The number of aryl methyl sites for hydroxylation is 1. The lowest BCUT2D eigenvalue weighted by Gasteiger charge is -2.37. The minimum Gasteiger partial charge on any atom is -0.481 e. The molecule has 2 aliphatic heterocycles. The number of hydrogen-bond donors (Lipinski definition) is 1. The van der Waals surface area contributed by atoms with Crippen LogP contribution in [0.2, 0.25) is 0 Å². The van der Waals surface area contributed by atoms with Gasteiger partial charge in [0.05, 0.1) is 25.7 Å². The molecule has 0 aliphatic carbocycles. The summed E-state index contributed by atoms with van der Waals surface area (Å²) in [7, 11) is 0. The highest BCUT2D eigenvalue weighted by Gasteiger charge is 2.36. The van der Waals surface area contributed by atoms with Crippen LogP contribution in [0.3, 0.4) is 0 Å². The van der Waals surface area contributed by atoms with E-state index in [1.165, 1.54) is 4.88 Å². The first-order chi connectivity index (χ1) is 10.2. The molecule has 0 aromatic carbocycles. The Hall–Kier alpha value is -1.05. The number of carboxylic acids is 1. The summed E-state index contributed by atoms with van der Waals surface area (Å²) in [5, 5.41) is 10.9. The molecule has 2 unspecified atom stereocenters. The van der Waals surface area contributed by atoms with Crippen molar-refractivity contribution in [1.82, 2.24) is 4.90 Å². The molecule has 114 valence electrons. The van der Waals surface area contributed by atoms with Gasteiger partial charge in [0.2, 0.25) is 5.91 Å². The Morgan fingerprint density at radius 3 is 3.14 bits per heavy atom. The number of rotatable bonds is 3. The number of amides is 1. The number of carbonyl (C=O) groups excluding carboxylic acids is 1. The van der Waals surface area contributed by atoms with E-state index in [9.17, 15) is 9.59 Å². The molecule has 2 atom stereocenters. The maximum absolute atomic E-state index is 12.9. The lowest BCUT2D eigenvalue weighted by Crippen LogP contribution is -2.51. The van der Waals surface area contributed by atoms with E-state index >= 15 is 0 Å². The number of fused-ring (bicyclic) bond motifs is 1. The minimum atomic E-state index is -0.893. The van der Waals surface area contributed by atoms with Crippen molar-refractivity contribution in [3.8, 4) is 0 Å². The Labute approximate surface area is 131 Å². The predicted octanol–water partition coefficient (Wildman–Crippen LogP) is 1.78. The van der Waals surface area contributed by atoms with E-state index in [-0.39, 0.29) is 23.6 Å². The molecular formula is C14H17NO4S2. The molecule has 1 fully saturated rings. The first kappa shape index (κ1) is 14.9. The third-order valence-corrected chi connectivity index (χ3v) is 6.05. The maximum atomic E-state index is 12.9. The smallest absolute Gasteiger partial charge is 0.305 e. The van der Waals surface area contributed by atoms with Crippen molar-refractivity contribution >= 4 is 35.0 Å². The van der Waals surface area contributed by atoms with Crippen molar-refractivity contribution in [2.45, 2.75) is 24.1 Å². The highest BCUT2D eigenvalue weighted by molar-refractivity contribution is 8.00. The van der Waals surface area contributed by atoms with Gasteiger partial charge in [-0.15, -0.1) is 23.1 Å². The number of hydrogen-bond acceptors (Lipinski definition) is 5. The van der Waals surface area contributed by atoms with Gasteiger partial charge in [0, 0.05) is 11.4 Å². The molecule has 0 spiro atoms. The van der Waals surface area contributed by atoms with Gasteiger partial charge < -0.3 is 14.7 Å². The van der Waals surface area contributed by atoms with Crippen molar-refractivity contribution < 1.29 is 19.4 Å². The van der Waals surface area contributed by atoms with Crippen molar-refractivity contribution in [3.05, 3.63) is 21.9 Å². The van der Waals surface area contributed by atoms with Crippen LogP contribution in [0.15, 0.2) is 11.4 Å². The Bertz CT molecular complexity index is 545. The number of ether oxygens (including phenoxy) is 1. The molecule has 3 heterocycles. The van der Waals surface area contributed by atoms with E-state index in [4.69, 9.17) is 9.84 Å². The van der Waals surface area contributed by atoms with Crippen molar-refractivity contribution in [2.24, 2.45) is 0 Å². The Kier molecular flexibility index (Phi) is 4.51. The molecule has 1 aromatic heterocycles. The van der Waals surface area contributed by atoms with E-state index in [1.807, 2.05) is 11.4 Å². The highest BCUT2D eigenvalue weighted by atomic mass is 32.2. The lowest BCUT2D eigenvalue weighted by atomic mass is 10.1. The summed E-state index contributed by atoms with van der Waals surface area (Å²) in [6.45, 7) is 1.27. The minimum absolute atomic E-state index is 0.0360. The number of thioether (sulfide) groups is 1. The molecule has 1 aromatic rings. The molecule has 21 heavy (non-hydrogen) atoms. The molecule has 0 bridgehead atoms. The molecule has 1 amide bonds. The van der Waals surface area contributed by atoms with Crippen molar-refractivity contribution in [3.63, 3.8) is 0 Å². The van der Waals surface area contributed by atoms with Gasteiger partial charge in [-0.1, -0.05) is 0 Å². The quantitative estimate of drug-likeness (QED) is 0.917. The second-order valence-corrected chi connectivity index (χ2v) is 7.37. The molecule has 5 nitrogen and oxygen atoms in total. The van der Waals surface area contributed by atoms with E-state index in [0.717, 1.165) is 17.7 Å². The second-order valence-electron chi connectivity index (χ2n) is 5.16. The first-order valence-electron chi connectivity index (χ1n) is 6.94. The highest BCUT2D eigenvalue weighted by Crippen LogP contribution is 2.41. The van der Waals surface area contributed by atoms with E-state index in [1.54, 1.807) is 28.0 Å². The van der Waals surface area contributed by atoms with Crippen LogP contribution in [0.5, 0.6) is 0 Å². The lowest BCUT2D eigenvalue weighted by molar-refractivity contribution is -0.146. The topological polar surface area (TPSA) is 66.8 Å². The number of carboxylic acid groups (broad SMARTS) is 1. The van der Waals surface area contributed by atoms with Crippen molar-refractivity contribution in [1.29, 1.82) is 0 Å². The van der Waals surface area contributed by atoms with Gasteiger partial charge in [0.1, 0.15) is 5.25 Å². The monoisotopic (exact) mass is 327 g/mol. The number of morpholine rings is 1. The zero-order chi connectivity index (χ0) is 14.8. The molecule has 1 saturated heterocycles. The molecule has 1 N–H and O–H groups in total. The standard InChI is InChI=1S/C14H17NO4S2/c16-12(17)7-9-8-19-4-3-15(9)14(18)13-10-1-5-20-11(10)2-6-21-13/h1,5,9,13H,2-4,6-8H2,(H,16,17). The average molecular weight is 327 g/mol. The van der Waals surface area contributed by atoms with Gasteiger partial charge in [-0.05, 0) is 29.2 Å². The Balaban J connectivity index is 1.79. The first-order valence-corrected chi connectivity index (χ1v) is 8.87. The van der Waals surface area contributed by atoms with Crippen LogP contribution in [-0.2, 0) is 20.7 Å². The number of aliphatic carboxylic acids is 1. The average Bonchev–Trinajstić information content (AvgIpc) is 2.95. The number of nitrogens with zero attached hydrogens (tertiary/aromatic N) is 1. The number of thiophene rings is 1. The Morgan fingerprint density at radius 1 is 1.48 bits per heavy atom. The van der Waals surface area contributed by atoms with Crippen LogP contribution in [0.25, 0.3) is 0 Å². The third kappa shape index (κ3) is 3.09. The van der Waals surface area contributed by atoms with Gasteiger partial charge in [-0.3, -0.25) is 9.59 Å². The second kappa shape index (κ2) is 6.37. The fourth-order valence-electron chi connectivity index (χ4n) is 2.82. The predicted molar refractivity (Wildman–Crippen MR) is 81.8 cm³/mol. The van der Waals surface area contributed by atoms with Crippen LogP contribution in [-0.4, -0.2) is 53.4 Å². The molecule has 0 saturated carbocycles. The summed E-state index contributed by atoms with van der Waals surface area (Å²) in [6.07, 6.45) is 0.961. The summed E-state index contributed by atoms with van der Waals surface area (Å²) < 4.78 is 5.34. The third-order valence-electron chi connectivity index (χ3n) is 3.82. The van der Waals surface area contributed by atoms with E-state index in [2.05, 4.69) is 0 Å². The van der Waals surface area contributed by atoms with Crippen molar-refractivity contribution in [2.75, 3.05) is 25.5 Å². The molecule has 3 rings (SSSR count). The van der Waals surface area contributed by atoms with Crippen LogP contribution in [0, 0.1) is 0 Å². The molecule has 0 radical (unpaired) electrons. The Morgan fingerprint density at radius 2 is 2.33 bits per heavy atom. The molecular weight excluding hydrogens is 310 g/mol. The van der Waals surface area contributed by atoms with Crippen LogP contribution >= 0.6 is 23.1 Å². The van der Waals surface area contributed by atoms with Gasteiger partial charge >= 0.3 is 5.97 Å². The SMILES string of the molecule is O=C(O)CC1COCCN1C(=O)C1SCCc2sccc21. The van der Waals surface area contributed by atoms with Gasteiger partial charge in [0.25, 0.3) is 0 Å². The molecule has 2 aliphatic rings. The number of carbonyl (C=O) groups is 2. The van der Waals surface area contributed by atoms with Crippen LogP contribution in [0.1, 0.15) is 22.1 Å². The van der Waals surface area contributed by atoms with Gasteiger partial charge in [-0.25, -0.2) is 0 Å². The summed E-state index contributed by atoms with van der Waals surface area (Å²) in [5.74, 6) is 0.0856. The summed E-state index contributed by atoms with van der Waals surface area (Å²) >= 11 is 3.36. The maximum Gasteiger partial charge on any atom is 0.305 e. The van der Waals surface area contributed by atoms with Crippen LogP contribution in [0.4, 0.5) is 0 Å². The van der Waals surface area contributed by atoms with E-state index < -0.39 is 5.97 Å². The van der Waals surface area contributed by atoms with Gasteiger partial charge in [-0.2, -0.15) is 0 Å². The zero-order valence-corrected chi connectivity index (χ0v) is 13.1. The summed E-state index contributed by atoms with van der Waals surface area (Å²) in [6, 6.07) is 1.68. The zero-order valence-electron chi connectivity index (χ0n) is 11.5. The fourth-order valence-corrected chi connectivity index (χ4v) is 5.18. The van der Waals surface area contributed by atoms with Crippen LogP contribution < -0.4 is 0 Å². The normalized spacial score (nSPS) is 25.4. The molecule has 7 heteroatoms. The largest absolute Gasteiger partial charge is 0.481 e. The summed E-state index contributed by atoms with van der Waals surface area (Å²) in [4.78, 5) is 26.8. The van der Waals surface area contributed by atoms with E-state index in [0.29, 0.717) is 19.8 Å². The van der Waals surface area contributed by atoms with Gasteiger partial charge in [0.15, 0.2) is 0 Å².